The van der Waals surface area contributed by atoms with Crippen molar-refractivity contribution in [3.8, 4) is 0 Å². The van der Waals surface area contributed by atoms with E-state index >= 15 is 0 Å². The molecule has 0 aromatic rings. The van der Waals surface area contributed by atoms with Crippen LogP contribution in [-0.4, -0.2) is 12.7 Å². The van der Waals surface area contributed by atoms with Crippen molar-refractivity contribution >= 4 is 0 Å². The van der Waals surface area contributed by atoms with Crippen LogP contribution in [0.5, 0.6) is 0 Å². The van der Waals surface area contributed by atoms with E-state index in [9.17, 15) is 0 Å². The molecule has 0 saturated carbocycles. The van der Waals surface area contributed by atoms with Gasteiger partial charge in [-0.3, -0.25) is 0 Å². The largest absolute Gasteiger partial charge is 0.379 e. The summed E-state index contributed by atoms with van der Waals surface area (Å²) in [7, 11) is 0. The summed E-state index contributed by atoms with van der Waals surface area (Å²) >= 11 is 0. The van der Waals surface area contributed by atoms with Crippen LogP contribution in [0.4, 0.5) is 0 Å². The molecule has 0 aromatic carbocycles. The van der Waals surface area contributed by atoms with Gasteiger partial charge >= 0.3 is 0 Å². The van der Waals surface area contributed by atoms with E-state index < -0.39 is 25.4 Å². The zero-order valence-corrected chi connectivity index (χ0v) is 3.49. The molecular weight excluding hydrogens is 76.1 g/mol. The van der Waals surface area contributed by atoms with Gasteiger partial charge in [0.05, 0.1) is 8.82 Å². The Hall–Kier alpha value is -0.0400. The fourth-order valence-corrected chi connectivity index (χ4v) is 0.278. The van der Waals surface area contributed by atoms with Crippen molar-refractivity contribution in [3.05, 3.63) is 0 Å². The molecule has 36 valence electrons. The Morgan fingerprint density at radius 2 is 3.00 bits per heavy atom. The van der Waals surface area contributed by atoms with Crippen LogP contribution < -0.4 is 0 Å². The Labute approximate surface area is 46.7 Å². The van der Waals surface area contributed by atoms with Gasteiger partial charge in [0.1, 0.15) is 0 Å². The van der Waals surface area contributed by atoms with Crippen molar-refractivity contribution in [2.24, 2.45) is 0 Å². The Bertz CT molecular complexity index is 200. The molecule has 0 aromatic heterocycles. The van der Waals surface area contributed by atoms with E-state index in [1.807, 2.05) is 0 Å². The predicted octanol–water partition coefficient (Wildman–Crippen LogP) is 1.19. The van der Waals surface area contributed by atoms with Gasteiger partial charge < -0.3 is 4.74 Å². The van der Waals surface area contributed by atoms with E-state index in [1.54, 1.807) is 0 Å². The minimum Gasteiger partial charge on any atom is -0.379 e. The van der Waals surface area contributed by atoms with Gasteiger partial charge in [0.15, 0.2) is 0 Å². The maximum Gasteiger partial charge on any atom is 0.0600 e. The summed E-state index contributed by atoms with van der Waals surface area (Å²) < 4.78 is 48.0. The van der Waals surface area contributed by atoms with Crippen LogP contribution >= 0.6 is 0 Å². The lowest BCUT2D eigenvalue weighted by atomic mass is 10.3. The molecule has 2 atom stereocenters. The Morgan fingerprint density at radius 3 is 3.17 bits per heavy atom. The van der Waals surface area contributed by atoms with Crippen molar-refractivity contribution in [3.63, 3.8) is 0 Å². The topological polar surface area (TPSA) is 9.23 Å². The quantitative estimate of drug-likeness (QED) is 0.436. The first-order chi connectivity index (χ1) is 5.13. The lowest BCUT2D eigenvalue weighted by Gasteiger charge is -1.94. The summed E-state index contributed by atoms with van der Waals surface area (Å²) in [6.07, 6.45) is -6.86. The number of ether oxygens (including phenoxy) is 1. The highest BCUT2D eigenvalue weighted by Crippen LogP contribution is 2.09. The van der Waals surface area contributed by atoms with Gasteiger partial charge in [-0.2, -0.15) is 0 Å². The first-order valence-corrected chi connectivity index (χ1v) is 1.73. The summed E-state index contributed by atoms with van der Waals surface area (Å²) in [5, 5.41) is 0. The van der Waals surface area contributed by atoms with Crippen molar-refractivity contribution in [1.82, 2.24) is 0 Å². The van der Waals surface area contributed by atoms with Crippen molar-refractivity contribution < 1.29 is 13.0 Å². The van der Waals surface area contributed by atoms with Gasteiger partial charge in [-0.1, -0.05) is 0 Å². The highest BCUT2D eigenvalue weighted by atomic mass is 16.5. The van der Waals surface area contributed by atoms with Crippen LogP contribution in [0.1, 0.15) is 27.9 Å². The molecule has 1 heterocycles. The number of hydrogen-bond donors (Lipinski definition) is 0. The predicted molar refractivity (Wildman–Crippen MR) is 24.6 cm³/mol. The molecule has 1 rings (SSSR count). The Balaban J connectivity index is 3.10. The SMILES string of the molecule is [2H]C1OC([2H])(C)C([2H])([2H])C1([2H])[2H]. The average Bonchev–Trinajstić information content (AvgIpc) is 1.92. The molecule has 1 nitrogen and oxygen atoms in total. The average molecular weight is 92.2 g/mol. The van der Waals surface area contributed by atoms with Gasteiger partial charge in [-0.05, 0) is 19.7 Å². The van der Waals surface area contributed by atoms with Crippen LogP contribution in [-0.2, 0) is 4.74 Å². The second-order valence-electron chi connectivity index (χ2n) is 1.06. The molecule has 2 unspecified atom stereocenters. The van der Waals surface area contributed by atoms with Crippen LogP contribution in [0.15, 0.2) is 0 Å². The summed E-state index contributed by atoms with van der Waals surface area (Å²) in [6.45, 7) is -0.505. The molecule has 1 aliphatic rings. The maximum absolute atomic E-state index is 7.32. The van der Waals surface area contributed by atoms with Gasteiger partial charge in [0.25, 0.3) is 0 Å². The molecule has 1 saturated heterocycles. The van der Waals surface area contributed by atoms with Crippen LogP contribution in [0.25, 0.3) is 0 Å². The first-order valence-electron chi connectivity index (χ1n) is 4.81. The summed E-state index contributed by atoms with van der Waals surface area (Å²) in [4.78, 5) is 0. The van der Waals surface area contributed by atoms with Crippen molar-refractivity contribution in [2.45, 2.75) is 25.7 Å². The van der Waals surface area contributed by atoms with E-state index in [-0.39, 0.29) is 0 Å². The second-order valence-corrected chi connectivity index (χ2v) is 1.06. The van der Waals surface area contributed by atoms with E-state index in [0.717, 1.165) is 6.92 Å². The molecule has 1 fully saturated rings. The molecule has 0 amide bonds. The molecule has 0 N–H and O–H groups in total. The lowest BCUT2D eigenvalue weighted by Crippen LogP contribution is -1.94. The minimum atomic E-state index is -2.45. The van der Waals surface area contributed by atoms with Crippen LogP contribution in [0.3, 0.4) is 0 Å². The standard InChI is InChI=1S/C5H10O/c1-5-3-2-4-6-5/h5H,2-4H2,1H3/i2D2,3D2,4D,5D. The highest BCUT2D eigenvalue weighted by molar-refractivity contribution is 4.56. The van der Waals surface area contributed by atoms with E-state index in [4.69, 9.17) is 8.22 Å². The fraction of sp³-hybridized carbons (Fsp3) is 1.00. The molecule has 0 radical (unpaired) electrons. The summed E-state index contributed by atoms with van der Waals surface area (Å²) in [5.41, 5.74) is 0. The molecule has 1 aliphatic heterocycles. The smallest absolute Gasteiger partial charge is 0.0600 e. The maximum atomic E-state index is 7.32. The van der Waals surface area contributed by atoms with E-state index in [1.165, 1.54) is 0 Å². The molecular formula is C5H10O. The molecule has 0 spiro atoms. The molecule has 1 heteroatoms. The van der Waals surface area contributed by atoms with Crippen molar-refractivity contribution in [1.29, 1.82) is 0 Å². The van der Waals surface area contributed by atoms with Gasteiger partial charge in [-0.15, -0.1) is 0 Å². The third kappa shape index (κ3) is 0.716. The molecule has 6 heavy (non-hydrogen) atoms. The zero-order chi connectivity index (χ0) is 9.78. The normalized spacial score (nSPS) is 90.5. The Kier molecular flexibility index (Phi) is 0.274. The summed E-state index contributed by atoms with van der Waals surface area (Å²) in [5.74, 6) is 0. The zero-order valence-electron chi connectivity index (χ0n) is 9.49. The number of rotatable bonds is 0. The van der Waals surface area contributed by atoms with Crippen molar-refractivity contribution in [2.75, 3.05) is 6.58 Å². The Morgan fingerprint density at radius 1 is 2.17 bits per heavy atom. The molecule has 0 bridgehead atoms. The second kappa shape index (κ2) is 1.61. The van der Waals surface area contributed by atoms with E-state index in [2.05, 4.69) is 4.74 Å². The monoisotopic (exact) mass is 92.1 g/mol. The minimum absolute atomic E-state index is 1.12. The lowest BCUT2D eigenvalue weighted by molar-refractivity contribution is 0.125. The fourth-order valence-electron chi connectivity index (χ4n) is 0.278. The first kappa shape index (κ1) is 1.03. The third-order valence-corrected chi connectivity index (χ3v) is 0.543. The van der Waals surface area contributed by atoms with Gasteiger partial charge in [-0.25, -0.2) is 0 Å². The molecule has 0 aliphatic carbocycles. The van der Waals surface area contributed by atoms with E-state index in [0.29, 0.717) is 0 Å². The van der Waals surface area contributed by atoms with Crippen LogP contribution in [0.2, 0.25) is 0 Å². The number of hydrogen-bond acceptors (Lipinski definition) is 1. The summed E-state index contributed by atoms with van der Waals surface area (Å²) in [6, 6.07) is 0. The van der Waals surface area contributed by atoms with Gasteiger partial charge in [0, 0.05) is 12.1 Å². The highest BCUT2D eigenvalue weighted by Gasteiger charge is 2.07. The van der Waals surface area contributed by atoms with Gasteiger partial charge in [0.2, 0.25) is 0 Å². The van der Waals surface area contributed by atoms with Crippen LogP contribution in [0, 0.1) is 0 Å². The third-order valence-electron chi connectivity index (χ3n) is 0.543.